The van der Waals surface area contributed by atoms with Crippen molar-refractivity contribution < 1.29 is 4.74 Å². The second-order valence-electron chi connectivity index (χ2n) is 4.87. The fourth-order valence-corrected chi connectivity index (χ4v) is 2.73. The molecule has 2 aromatic carbocycles. The van der Waals surface area contributed by atoms with Gasteiger partial charge in [-0.15, -0.1) is 11.6 Å². The van der Waals surface area contributed by atoms with Crippen LogP contribution in [0.5, 0.6) is 5.75 Å². The minimum absolute atomic E-state index is 0.191. The summed E-state index contributed by atoms with van der Waals surface area (Å²) in [5, 5.41) is -0.191. The molecule has 0 saturated heterocycles. The number of nitrogens with one attached hydrogen (secondary N) is 2. The van der Waals surface area contributed by atoms with Crippen molar-refractivity contribution in [1.29, 1.82) is 0 Å². The van der Waals surface area contributed by atoms with E-state index in [1.807, 2.05) is 42.5 Å². The van der Waals surface area contributed by atoms with Crippen LogP contribution in [0, 0.1) is 0 Å². The van der Waals surface area contributed by atoms with Crippen molar-refractivity contribution in [3.05, 3.63) is 64.1 Å². The number of aromatic nitrogens is 2. The number of hydrogen-bond donors (Lipinski definition) is 2. The summed E-state index contributed by atoms with van der Waals surface area (Å²) in [6.45, 7) is 0. The predicted octanol–water partition coefficient (Wildman–Crippen LogP) is 3.39. The second-order valence-corrected chi connectivity index (χ2v) is 5.39. The van der Waals surface area contributed by atoms with Gasteiger partial charge in [-0.05, 0) is 35.7 Å². The van der Waals surface area contributed by atoms with Crippen molar-refractivity contribution in [2.24, 2.45) is 0 Å². The average molecular weight is 303 g/mol. The van der Waals surface area contributed by atoms with Gasteiger partial charge in [0.2, 0.25) is 0 Å². The van der Waals surface area contributed by atoms with Crippen LogP contribution < -0.4 is 10.4 Å². The van der Waals surface area contributed by atoms with Gasteiger partial charge in [-0.3, -0.25) is 0 Å². The number of alkyl halides is 1. The highest BCUT2D eigenvalue weighted by atomic mass is 35.5. The highest BCUT2D eigenvalue weighted by molar-refractivity contribution is 6.21. The maximum Gasteiger partial charge on any atom is 0.323 e. The average Bonchev–Trinajstić information content (AvgIpc) is 2.86. The van der Waals surface area contributed by atoms with Gasteiger partial charge in [-0.1, -0.05) is 24.3 Å². The molecule has 5 heteroatoms. The van der Waals surface area contributed by atoms with Crippen LogP contribution in [0.4, 0.5) is 0 Å². The van der Waals surface area contributed by atoms with Gasteiger partial charge in [-0.2, -0.15) is 0 Å². The van der Waals surface area contributed by atoms with Gasteiger partial charge < -0.3 is 14.7 Å². The lowest BCUT2D eigenvalue weighted by Gasteiger charge is -2.13. The number of H-pyrrole nitrogens is 2. The first-order valence-corrected chi connectivity index (χ1v) is 7.09. The molecule has 2 N–H and O–H groups in total. The number of hydrogen-bond acceptors (Lipinski definition) is 2. The van der Waals surface area contributed by atoms with E-state index in [1.165, 1.54) is 0 Å². The van der Waals surface area contributed by atoms with E-state index in [2.05, 4.69) is 9.97 Å². The van der Waals surface area contributed by atoms with Crippen LogP contribution in [0.25, 0.3) is 11.0 Å². The van der Waals surface area contributed by atoms with E-state index in [9.17, 15) is 4.79 Å². The zero-order valence-electron chi connectivity index (χ0n) is 11.5. The van der Waals surface area contributed by atoms with Gasteiger partial charge >= 0.3 is 5.69 Å². The SMILES string of the molecule is COc1ccccc1CC(Cl)c1ccc2[nH]c(=O)[nH]c2c1. The molecule has 1 atom stereocenters. The van der Waals surface area contributed by atoms with Crippen molar-refractivity contribution in [3.63, 3.8) is 0 Å². The standard InChI is InChI=1S/C16H15ClN2O2/c1-21-15-5-3-2-4-11(15)8-12(17)10-6-7-13-14(9-10)19-16(20)18-13/h2-7,9,12H,8H2,1H3,(H2,18,19,20). The third-order valence-corrected chi connectivity index (χ3v) is 3.90. The first-order chi connectivity index (χ1) is 10.2. The predicted molar refractivity (Wildman–Crippen MR) is 84.2 cm³/mol. The summed E-state index contributed by atoms with van der Waals surface area (Å²) in [5.74, 6) is 0.833. The number of rotatable bonds is 4. The third kappa shape index (κ3) is 2.81. The largest absolute Gasteiger partial charge is 0.496 e. The van der Waals surface area contributed by atoms with Crippen LogP contribution in [-0.2, 0) is 6.42 Å². The Balaban J connectivity index is 1.89. The summed E-state index contributed by atoms with van der Waals surface area (Å²) in [5.41, 5.74) is 3.36. The molecule has 0 fully saturated rings. The van der Waals surface area contributed by atoms with Gasteiger partial charge in [0.15, 0.2) is 0 Å². The monoisotopic (exact) mass is 302 g/mol. The summed E-state index contributed by atoms with van der Waals surface area (Å²) < 4.78 is 5.34. The molecular formula is C16H15ClN2O2. The smallest absolute Gasteiger partial charge is 0.323 e. The van der Waals surface area contributed by atoms with E-state index in [4.69, 9.17) is 16.3 Å². The molecule has 0 aliphatic heterocycles. The fraction of sp³-hybridized carbons (Fsp3) is 0.188. The van der Waals surface area contributed by atoms with Crippen LogP contribution in [-0.4, -0.2) is 17.1 Å². The number of halogens is 1. The lowest BCUT2D eigenvalue weighted by atomic mass is 10.0. The van der Waals surface area contributed by atoms with Crippen LogP contribution in [0.15, 0.2) is 47.3 Å². The lowest BCUT2D eigenvalue weighted by molar-refractivity contribution is 0.409. The van der Waals surface area contributed by atoms with Gasteiger partial charge in [-0.25, -0.2) is 4.79 Å². The van der Waals surface area contributed by atoms with Crippen LogP contribution in [0.1, 0.15) is 16.5 Å². The summed E-state index contributed by atoms with van der Waals surface area (Å²) in [4.78, 5) is 16.7. The summed E-state index contributed by atoms with van der Waals surface area (Å²) in [6.07, 6.45) is 0.658. The normalized spacial score (nSPS) is 12.5. The Morgan fingerprint density at radius 1 is 1.14 bits per heavy atom. The number of fused-ring (bicyclic) bond motifs is 1. The summed E-state index contributed by atoms with van der Waals surface area (Å²) in [6, 6.07) is 13.5. The molecule has 0 amide bonds. The van der Waals surface area contributed by atoms with Gasteiger partial charge in [0.05, 0.1) is 23.5 Å². The molecule has 4 nitrogen and oxygen atoms in total. The van der Waals surface area contributed by atoms with Crippen molar-refractivity contribution in [2.75, 3.05) is 7.11 Å². The minimum atomic E-state index is -0.210. The molecule has 1 heterocycles. The van der Waals surface area contributed by atoms with Crippen molar-refractivity contribution in [2.45, 2.75) is 11.8 Å². The maximum absolute atomic E-state index is 11.3. The van der Waals surface area contributed by atoms with Crippen LogP contribution in [0.2, 0.25) is 0 Å². The topological polar surface area (TPSA) is 57.9 Å². The first-order valence-electron chi connectivity index (χ1n) is 6.65. The molecule has 0 aliphatic carbocycles. The minimum Gasteiger partial charge on any atom is -0.496 e. The van der Waals surface area contributed by atoms with Gasteiger partial charge in [0.25, 0.3) is 0 Å². The molecular weight excluding hydrogens is 288 g/mol. The third-order valence-electron chi connectivity index (χ3n) is 3.49. The molecule has 1 aromatic heterocycles. The molecule has 108 valence electrons. The number of aromatic amines is 2. The Kier molecular flexibility index (Phi) is 3.71. The fourth-order valence-electron chi connectivity index (χ4n) is 2.43. The summed E-state index contributed by atoms with van der Waals surface area (Å²) >= 11 is 6.52. The van der Waals surface area contributed by atoms with Gasteiger partial charge in [0.1, 0.15) is 5.75 Å². The number of ether oxygens (including phenoxy) is 1. The molecule has 0 bridgehead atoms. The number of imidazole rings is 1. The molecule has 0 saturated carbocycles. The van der Waals surface area contributed by atoms with E-state index in [-0.39, 0.29) is 11.1 Å². The Bertz CT molecular complexity index is 822. The second kappa shape index (κ2) is 5.66. The molecule has 1 unspecified atom stereocenters. The van der Waals surface area contributed by atoms with Gasteiger partial charge in [0, 0.05) is 0 Å². The Morgan fingerprint density at radius 2 is 1.90 bits per heavy atom. The quantitative estimate of drug-likeness (QED) is 0.726. The Labute approximate surface area is 126 Å². The van der Waals surface area contributed by atoms with Crippen LogP contribution in [0.3, 0.4) is 0 Å². The Hall–Kier alpha value is -2.20. The van der Waals surface area contributed by atoms with E-state index in [1.54, 1.807) is 7.11 Å². The van der Waals surface area contributed by atoms with E-state index < -0.39 is 0 Å². The van der Waals surface area contributed by atoms with E-state index in [0.29, 0.717) is 6.42 Å². The zero-order chi connectivity index (χ0) is 14.8. The van der Waals surface area contributed by atoms with Crippen molar-refractivity contribution in [3.8, 4) is 5.75 Å². The van der Waals surface area contributed by atoms with Crippen molar-refractivity contribution >= 4 is 22.6 Å². The van der Waals surface area contributed by atoms with Crippen molar-refractivity contribution in [1.82, 2.24) is 9.97 Å². The highest BCUT2D eigenvalue weighted by Gasteiger charge is 2.13. The Morgan fingerprint density at radius 3 is 2.71 bits per heavy atom. The summed E-state index contributed by atoms with van der Waals surface area (Å²) in [7, 11) is 1.65. The van der Waals surface area contributed by atoms with E-state index in [0.717, 1.165) is 27.9 Å². The maximum atomic E-state index is 11.3. The lowest BCUT2D eigenvalue weighted by Crippen LogP contribution is -1.99. The number of benzene rings is 2. The highest BCUT2D eigenvalue weighted by Crippen LogP contribution is 2.30. The molecule has 21 heavy (non-hydrogen) atoms. The first kappa shape index (κ1) is 13.8. The molecule has 0 aliphatic rings. The van der Waals surface area contributed by atoms with E-state index >= 15 is 0 Å². The molecule has 0 radical (unpaired) electrons. The molecule has 3 aromatic rings. The molecule has 3 rings (SSSR count). The number of para-hydroxylation sites is 1. The number of methoxy groups -OCH3 is 1. The van der Waals surface area contributed by atoms with Crippen LogP contribution >= 0.6 is 11.6 Å². The molecule has 0 spiro atoms. The zero-order valence-corrected chi connectivity index (χ0v) is 12.3.